The van der Waals surface area contributed by atoms with Crippen LogP contribution in [0.5, 0.6) is 0 Å². The number of hydrogen-bond acceptors (Lipinski definition) is 3. The molecule has 2 aliphatic rings. The minimum Gasteiger partial charge on any atom is -0.481 e. The minimum atomic E-state index is -1.78. The van der Waals surface area contributed by atoms with E-state index in [-0.39, 0.29) is 12.3 Å². The highest BCUT2D eigenvalue weighted by molar-refractivity contribution is 6.02. The molecule has 1 aromatic rings. The van der Waals surface area contributed by atoms with Gasteiger partial charge in [0.05, 0.1) is 5.41 Å². The maximum Gasteiger partial charge on any atom is 0.309 e. The lowest BCUT2D eigenvalue weighted by molar-refractivity contribution is -0.146. The number of nitrogens with zero attached hydrogens (tertiary/aromatic N) is 1. The fraction of sp³-hybridized carbons (Fsp3) is 0.556. The predicted molar refractivity (Wildman–Crippen MR) is 88.7 cm³/mol. The number of alkyl halides is 1. The van der Waals surface area contributed by atoms with Crippen LogP contribution in [-0.4, -0.2) is 42.3 Å². The molecule has 130 valence electrons. The lowest BCUT2D eigenvalue weighted by Gasteiger charge is -2.29. The lowest BCUT2D eigenvalue weighted by Crippen LogP contribution is -2.49. The van der Waals surface area contributed by atoms with Crippen molar-refractivity contribution in [1.29, 1.82) is 0 Å². The Labute approximate surface area is 140 Å². The van der Waals surface area contributed by atoms with Gasteiger partial charge in [-0.15, -0.1) is 0 Å². The Morgan fingerprint density at radius 3 is 2.92 bits per heavy atom. The third kappa shape index (κ3) is 2.79. The van der Waals surface area contributed by atoms with Crippen LogP contribution in [0.4, 0.5) is 10.1 Å². The van der Waals surface area contributed by atoms with Crippen LogP contribution in [0, 0.1) is 11.3 Å². The summed E-state index contributed by atoms with van der Waals surface area (Å²) in [7, 11) is 0. The molecule has 0 saturated carbocycles. The number of anilines is 1. The monoisotopic (exact) mass is 334 g/mol. The smallest absolute Gasteiger partial charge is 0.309 e. The molecule has 0 aromatic heterocycles. The number of benzene rings is 1. The predicted octanol–water partition coefficient (Wildman–Crippen LogP) is 2.00. The van der Waals surface area contributed by atoms with E-state index >= 15 is 4.39 Å². The van der Waals surface area contributed by atoms with Gasteiger partial charge in [-0.3, -0.25) is 9.59 Å². The second-order valence-electron chi connectivity index (χ2n) is 7.46. The van der Waals surface area contributed by atoms with Crippen molar-refractivity contribution in [3.05, 3.63) is 29.8 Å². The molecule has 1 aromatic carbocycles. The van der Waals surface area contributed by atoms with E-state index in [9.17, 15) is 14.7 Å². The highest BCUT2D eigenvalue weighted by Gasteiger charge is 2.56. The average Bonchev–Trinajstić information content (AvgIpc) is 2.79. The van der Waals surface area contributed by atoms with E-state index in [2.05, 4.69) is 5.32 Å². The zero-order valence-electron chi connectivity index (χ0n) is 14.0. The van der Waals surface area contributed by atoms with Crippen LogP contribution < -0.4 is 10.2 Å². The highest BCUT2D eigenvalue weighted by atomic mass is 19.1. The number of piperidine rings is 1. The number of aliphatic carboxylic acids is 1. The Morgan fingerprint density at radius 2 is 2.25 bits per heavy atom. The van der Waals surface area contributed by atoms with Crippen molar-refractivity contribution in [2.75, 3.05) is 24.5 Å². The molecule has 0 radical (unpaired) electrons. The number of fused-ring (bicyclic) bond motifs is 1. The maximum atomic E-state index is 15.1. The molecule has 5 nitrogen and oxygen atoms in total. The topological polar surface area (TPSA) is 69.6 Å². The number of halogens is 1. The maximum absolute atomic E-state index is 15.1. The summed E-state index contributed by atoms with van der Waals surface area (Å²) in [5, 5.41) is 12.4. The van der Waals surface area contributed by atoms with Gasteiger partial charge in [-0.1, -0.05) is 12.1 Å². The van der Waals surface area contributed by atoms with E-state index in [0.717, 1.165) is 5.56 Å². The van der Waals surface area contributed by atoms with Gasteiger partial charge in [0.25, 0.3) is 5.91 Å². The zero-order valence-corrected chi connectivity index (χ0v) is 14.0. The Bertz CT molecular complexity index is 676. The molecule has 2 fully saturated rings. The molecule has 2 N–H and O–H groups in total. The molecule has 2 atom stereocenters. The average molecular weight is 334 g/mol. The largest absolute Gasteiger partial charge is 0.481 e. The van der Waals surface area contributed by atoms with E-state index in [1.54, 1.807) is 32.0 Å². The van der Waals surface area contributed by atoms with Gasteiger partial charge in [0.15, 0.2) is 5.67 Å². The molecule has 2 saturated heterocycles. The quantitative estimate of drug-likeness (QED) is 0.884. The Morgan fingerprint density at radius 1 is 1.50 bits per heavy atom. The van der Waals surface area contributed by atoms with E-state index < -0.39 is 23.0 Å². The van der Waals surface area contributed by atoms with Crippen LogP contribution in [0.25, 0.3) is 0 Å². The molecule has 1 amide bonds. The first-order chi connectivity index (χ1) is 11.2. The number of rotatable bonds is 4. The summed E-state index contributed by atoms with van der Waals surface area (Å²) in [5.41, 5.74) is -1.20. The summed E-state index contributed by atoms with van der Waals surface area (Å²) in [4.78, 5) is 25.4. The van der Waals surface area contributed by atoms with Crippen molar-refractivity contribution in [2.45, 2.75) is 32.4 Å². The van der Waals surface area contributed by atoms with Crippen LogP contribution in [0.15, 0.2) is 24.3 Å². The highest BCUT2D eigenvalue weighted by Crippen LogP contribution is 2.40. The molecule has 0 bridgehead atoms. The SMILES string of the molecule is CC(C)(Cc1cccc(N2C[C@@H]3CNCC[C@]3(F)C2=O)c1)C(=O)O. The van der Waals surface area contributed by atoms with Crippen LogP contribution in [0.2, 0.25) is 0 Å². The third-order valence-corrected chi connectivity index (χ3v) is 5.15. The van der Waals surface area contributed by atoms with Crippen molar-refractivity contribution in [2.24, 2.45) is 11.3 Å². The van der Waals surface area contributed by atoms with Crippen LogP contribution in [0.3, 0.4) is 0 Å². The summed E-state index contributed by atoms with van der Waals surface area (Å²) >= 11 is 0. The van der Waals surface area contributed by atoms with Gasteiger partial charge in [-0.25, -0.2) is 4.39 Å². The Kier molecular flexibility index (Phi) is 4.11. The van der Waals surface area contributed by atoms with Gasteiger partial charge in [-0.2, -0.15) is 0 Å². The molecule has 24 heavy (non-hydrogen) atoms. The molecule has 2 heterocycles. The molecule has 6 heteroatoms. The second-order valence-corrected chi connectivity index (χ2v) is 7.46. The molecule has 2 aliphatic heterocycles. The van der Waals surface area contributed by atoms with Gasteiger partial charge in [0, 0.05) is 31.1 Å². The van der Waals surface area contributed by atoms with Crippen LogP contribution in [-0.2, 0) is 16.0 Å². The molecule has 3 rings (SSSR count). The molecular formula is C18H23FN2O3. The fourth-order valence-electron chi connectivity index (χ4n) is 3.57. The molecule has 0 unspecified atom stereocenters. The lowest BCUT2D eigenvalue weighted by atomic mass is 9.86. The zero-order chi connectivity index (χ0) is 17.5. The van der Waals surface area contributed by atoms with Crippen molar-refractivity contribution in [3.63, 3.8) is 0 Å². The summed E-state index contributed by atoms with van der Waals surface area (Å²) in [5.74, 6) is -1.67. The normalized spacial score (nSPS) is 27.2. The number of carbonyl (C=O) groups is 2. The third-order valence-electron chi connectivity index (χ3n) is 5.15. The first-order valence-corrected chi connectivity index (χ1v) is 8.28. The van der Waals surface area contributed by atoms with Crippen LogP contribution in [0.1, 0.15) is 25.8 Å². The fourth-order valence-corrected chi connectivity index (χ4v) is 3.57. The number of hydrogen-bond donors (Lipinski definition) is 2. The summed E-state index contributed by atoms with van der Waals surface area (Å²) < 4.78 is 15.1. The summed E-state index contributed by atoms with van der Waals surface area (Å²) in [6.45, 7) is 4.71. The number of carboxylic acid groups (broad SMARTS) is 1. The number of carbonyl (C=O) groups excluding carboxylic acids is 1. The number of nitrogens with one attached hydrogen (secondary N) is 1. The second kappa shape index (κ2) is 5.84. The van der Waals surface area contributed by atoms with Crippen molar-refractivity contribution in [3.8, 4) is 0 Å². The first kappa shape index (κ1) is 16.9. The van der Waals surface area contributed by atoms with Crippen LogP contribution >= 0.6 is 0 Å². The van der Waals surface area contributed by atoms with Gasteiger partial charge in [0.2, 0.25) is 0 Å². The Hall–Kier alpha value is -1.95. The van der Waals surface area contributed by atoms with E-state index in [1.807, 2.05) is 6.07 Å². The number of amides is 1. The van der Waals surface area contributed by atoms with Gasteiger partial charge >= 0.3 is 5.97 Å². The summed E-state index contributed by atoms with van der Waals surface area (Å²) in [6, 6.07) is 7.22. The molecular weight excluding hydrogens is 311 g/mol. The van der Waals surface area contributed by atoms with Gasteiger partial charge in [0.1, 0.15) is 0 Å². The molecule has 0 spiro atoms. The molecule has 0 aliphatic carbocycles. The standard InChI is InChI=1S/C18H23FN2O3/c1-17(2,16(23)24)9-12-4-3-5-14(8-12)21-11-13-10-20-7-6-18(13,19)15(21)22/h3-5,8,13,20H,6-7,9-11H2,1-2H3,(H,23,24)/t13-,18+/m0/s1. The number of carboxylic acids is 1. The van der Waals surface area contributed by atoms with Crippen molar-refractivity contribution >= 4 is 17.6 Å². The van der Waals surface area contributed by atoms with E-state index in [4.69, 9.17) is 0 Å². The summed E-state index contributed by atoms with van der Waals surface area (Å²) in [6.07, 6.45) is 0.558. The van der Waals surface area contributed by atoms with E-state index in [0.29, 0.717) is 31.7 Å². The van der Waals surface area contributed by atoms with Crippen molar-refractivity contribution in [1.82, 2.24) is 5.32 Å². The first-order valence-electron chi connectivity index (χ1n) is 8.28. The van der Waals surface area contributed by atoms with Gasteiger partial charge in [-0.05, 0) is 44.5 Å². The van der Waals surface area contributed by atoms with E-state index in [1.165, 1.54) is 4.90 Å². The minimum absolute atomic E-state index is 0.207. The Balaban J connectivity index is 1.85. The van der Waals surface area contributed by atoms with Crippen molar-refractivity contribution < 1.29 is 19.1 Å². The van der Waals surface area contributed by atoms with Gasteiger partial charge < -0.3 is 15.3 Å².